The molecule has 184 valence electrons. The molecule has 0 spiro atoms. The molecule has 4 aromatic rings. The first-order chi connectivity index (χ1) is 16.7. The molecule has 3 aromatic heterocycles. The van der Waals surface area contributed by atoms with Crippen molar-refractivity contribution in [3.63, 3.8) is 0 Å². The molecule has 0 amide bonds. The molecule has 1 fully saturated rings. The van der Waals surface area contributed by atoms with Gasteiger partial charge in [0.2, 0.25) is 0 Å². The fraction of sp³-hybridized carbons (Fsp3) is 0.304. The van der Waals surface area contributed by atoms with Gasteiger partial charge < -0.3 is 9.52 Å². The van der Waals surface area contributed by atoms with E-state index < -0.39 is 12.1 Å². The third-order valence-electron chi connectivity index (χ3n) is 5.63. The van der Waals surface area contributed by atoms with Crippen LogP contribution in [0.2, 0.25) is 0 Å². The highest BCUT2D eigenvalue weighted by Gasteiger charge is 2.38. The number of aromatic nitrogens is 4. The Morgan fingerprint density at radius 1 is 1.11 bits per heavy atom. The van der Waals surface area contributed by atoms with Crippen LogP contribution >= 0.6 is 0 Å². The summed E-state index contributed by atoms with van der Waals surface area (Å²) in [6.45, 7) is 2.78. The van der Waals surface area contributed by atoms with Gasteiger partial charge in [0.05, 0.1) is 12.8 Å². The number of fused-ring (bicyclic) bond motifs is 1. The Bertz CT molecular complexity index is 1280. The van der Waals surface area contributed by atoms with Gasteiger partial charge in [-0.2, -0.15) is 13.2 Å². The monoisotopic (exact) mass is 491 g/mol. The number of carboxylic acid groups (broad SMARTS) is 1. The number of furan rings is 1. The van der Waals surface area contributed by atoms with Crippen LogP contribution in [0.3, 0.4) is 0 Å². The minimum absolute atomic E-state index is 0.260. The number of benzene rings is 1. The van der Waals surface area contributed by atoms with E-state index in [1.165, 1.54) is 6.07 Å². The minimum Gasteiger partial charge on any atom is -0.475 e. The number of aliphatic carboxylic acids is 1. The number of hydrogen-bond donors (Lipinski definition) is 1. The van der Waals surface area contributed by atoms with Crippen molar-refractivity contribution in [1.82, 2.24) is 24.5 Å². The summed E-state index contributed by atoms with van der Waals surface area (Å²) in [7, 11) is 0. The summed E-state index contributed by atoms with van der Waals surface area (Å²) in [5.41, 5.74) is 1.26. The first-order valence-corrected chi connectivity index (χ1v) is 10.7. The van der Waals surface area contributed by atoms with E-state index in [4.69, 9.17) is 14.3 Å². The highest BCUT2D eigenvalue weighted by Crippen LogP contribution is 2.29. The molecule has 1 aromatic carbocycles. The summed E-state index contributed by atoms with van der Waals surface area (Å²) in [5.74, 6) is -0.269. The van der Waals surface area contributed by atoms with Crippen LogP contribution in [0.4, 0.5) is 17.6 Å². The van der Waals surface area contributed by atoms with Crippen LogP contribution in [0.15, 0.2) is 59.5 Å². The van der Waals surface area contributed by atoms with Gasteiger partial charge in [-0.05, 0) is 44.1 Å². The maximum absolute atomic E-state index is 14.2. The van der Waals surface area contributed by atoms with E-state index in [9.17, 15) is 17.6 Å². The molecule has 12 heteroatoms. The van der Waals surface area contributed by atoms with Gasteiger partial charge in [0, 0.05) is 29.4 Å². The molecule has 8 nitrogen and oxygen atoms in total. The van der Waals surface area contributed by atoms with Crippen molar-refractivity contribution in [2.45, 2.75) is 31.5 Å². The topological polar surface area (TPSA) is 96.8 Å². The first-order valence-electron chi connectivity index (χ1n) is 10.7. The quantitative estimate of drug-likeness (QED) is 0.419. The predicted molar refractivity (Wildman–Crippen MR) is 116 cm³/mol. The van der Waals surface area contributed by atoms with E-state index in [-0.39, 0.29) is 5.82 Å². The van der Waals surface area contributed by atoms with Crippen molar-refractivity contribution in [2.24, 2.45) is 0 Å². The highest BCUT2D eigenvalue weighted by molar-refractivity contribution is 5.73. The van der Waals surface area contributed by atoms with Crippen molar-refractivity contribution in [3.8, 4) is 11.1 Å². The minimum atomic E-state index is -5.08. The van der Waals surface area contributed by atoms with Crippen molar-refractivity contribution in [1.29, 1.82) is 0 Å². The van der Waals surface area contributed by atoms with E-state index in [0.717, 1.165) is 49.6 Å². The number of likely N-dealkylation sites (tertiary alicyclic amines) is 1. The maximum Gasteiger partial charge on any atom is 0.490 e. The number of carbonyl (C=O) groups is 1. The van der Waals surface area contributed by atoms with Crippen LogP contribution in [0.25, 0.3) is 16.9 Å². The van der Waals surface area contributed by atoms with E-state index in [2.05, 4.69) is 20.1 Å². The van der Waals surface area contributed by atoms with Gasteiger partial charge in [-0.3, -0.25) is 9.30 Å². The number of alkyl halides is 3. The van der Waals surface area contributed by atoms with Gasteiger partial charge in [0.1, 0.15) is 17.4 Å². The second kappa shape index (κ2) is 10.2. The van der Waals surface area contributed by atoms with Gasteiger partial charge in [0.15, 0.2) is 0 Å². The van der Waals surface area contributed by atoms with Crippen molar-refractivity contribution >= 4 is 11.7 Å². The van der Waals surface area contributed by atoms with Gasteiger partial charge in [-0.25, -0.2) is 14.2 Å². The lowest BCUT2D eigenvalue weighted by molar-refractivity contribution is -0.192. The summed E-state index contributed by atoms with van der Waals surface area (Å²) in [4.78, 5) is 15.7. The van der Waals surface area contributed by atoms with Crippen LogP contribution in [0.5, 0.6) is 0 Å². The molecule has 1 N–H and O–H groups in total. The average Bonchev–Trinajstić information content (AvgIpc) is 3.49. The van der Waals surface area contributed by atoms with Crippen molar-refractivity contribution < 1.29 is 31.9 Å². The summed E-state index contributed by atoms with van der Waals surface area (Å²) in [6, 6.07) is 10.7. The number of nitrogens with zero attached hydrogens (tertiary/aromatic N) is 5. The first kappa shape index (κ1) is 24.3. The molecule has 0 unspecified atom stereocenters. The summed E-state index contributed by atoms with van der Waals surface area (Å²) < 4.78 is 53.3. The van der Waals surface area contributed by atoms with Crippen LogP contribution in [-0.2, 0) is 11.3 Å². The second-order valence-corrected chi connectivity index (χ2v) is 7.98. The maximum atomic E-state index is 14.2. The molecule has 0 bridgehead atoms. The molecule has 1 aliphatic rings. The molecule has 0 radical (unpaired) electrons. The van der Waals surface area contributed by atoms with Gasteiger partial charge in [-0.15, -0.1) is 10.2 Å². The Morgan fingerprint density at radius 2 is 1.83 bits per heavy atom. The van der Waals surface area contributed by atoms with Crippen molar-refractivity contribution in [3.05, 3.63) is 72.5 Å². The third kappa shape index (κ3) is 5.83. The molecular weight excluding hydrogens is 470 g/mol. The fourth-order valence-electron chi connectivity index (χ4n) is 3.89. The van der Waals surface area contributed by atoms with Crippen molar-refractivity contribution in [2.75, 3.05) is 13.1 Å². The molecule has 1 aliphatic heterocycles. The Hall–Kier alpha value is -3.80. The Morgan fingerprint density at radius 3 is 2.46 bits per heavy atom. The normalized spacial score (nSPS) is 15.1. The van der Waals surface area contributed by atoms with Crippen LogP contribution < -0.4 is 0 Å². The molecule has 4 heterocycles. The molecule has 5 rings (SSSR count). The zero-order valence-electron chi connectivity index (χ0n) is 18.3. The number of rotatable bonds is 4. The molecule has 1 saturated heterocycles. The van der Waals surface area contributed by atoms with Crippen LogP contribution in [0, 0.1) is 5.82 Å². The molecule has 0 saturated carbocycles. The van der Waals surface area contributed by atoms with Crippen LogP contribution in [0.1, 0.15) is 30.3 Å². The SMILES string of the molecule is Fc1ccccc1-c1cnc2nnc(C3CCN(Cc4ccco4)CC3)n2c1.O=C(O)C(F)(F)F. The number of carboxylic acids is 1. The van der Waals surface area contributed by atoms with Gasteiger partial charge >= 0.3 is 12.1 Å². The second-order valence-electron chi connectivity index (χ2n) is 7.98. The Balaban J connectivity index is 0.000000364. The predicted octanol–water partition coefficient (Wildman–Crippen LogP) is 4.54. The van der Waals surface area contributed by atoms with E-state index >= 15 is 0 Å². The lowest BCUT2D eigenvalue weighted by Crippen LogP contribution is -2.32. The van der Waals surface area contributed by atoms with E-state index in [1.54, 1.807) is 24.6 Å². The van der Waals surface area contributed by atoms with E-state index in [1.807, 2.05) is 28.8 Å². The number of hydrogen-bond acceptors (Lipinski definition) is 6. The zero-order chi connectivity index (χ0) is 25.0. The largest absolute Gasteiger partial charge is 0.490 e. The summed E-state index contributed by atoms with van der Waals surface area (Å²) in [6.07, 6.45) is 2.16. The number of halogens is 4. The molecule has 0 aliphatic carbocycles. The Kier molecular flexibility index (Phi) is 7.10. The summed E-state index contributed by atoms with van der Waals surface area (Å²) >= 11 is 0. The highest BCUT2D eigenvalue weighted by atomic mass is 19.4. The third-order valence-corrected chi connectivity index (χ3v) is 5.63. The molecule has 0 atom stereocenters. The molecular formula is C23H21F4N5O3. The Labute approximate surface area is 196 Å². The molecule has 35 heavy (non-hydrogen) atoms. The zero-order valence-corrected chi connectivity index (χ0v) is 18.3. The fourth-order valence-corrected chi connectivity index (χ4v) is 3.89. The van der Waals surface area contributed by atoms with E-state index in [0.29, 0.717) is 17.3 Å². The summed E-state index contributed by atoms with van der Waals surface area (Å²) in [5, 5.41) is 15.7. The van der Waals surface area contributed by atoms with Crippen LogP contribution in [-0.4, -0.2) is 54.8 Å². The van der Waals surface area contributed by atoms with Gasteiger partial charge in [0.25, 0.3) is 5.78 Å². The average molecular weight is 491 g/mol. The lowest BCUT2D eigenvalue weighted by Gasteiger charge is -2.30. The standard InChI is InChI=1S/C21H20FN5O.C2HF3O2/c22-19-6-2-1-5-18(19)16-12-23-21-25-24-20(27(21)13-16)15-7-9-26(10-8-15)14-17-4-3-11-28-17;3-2(4,5)1(6)7/h1-6,11-13,15H,7-10,14H2;(H,6,7). The van der Waals surface area contributed by atoms with Gasteiger partial charge in [-0.1, -0.05) is 18.2 Å². The smallest absolute Gasteiger partial charge is 0.475 e. The lowest BCUT2D eigenvalue weighted by atomic mass is 9.96. The number of piperidine rings is 1.